The van der Waals surface area contributed by atoms with Crippen LogP contribution in [0.4, 0.5) is 26.6 Å². The molecule has 0 unspecified atom stereocenters. The monoisotopic (exact) mass is 702 g/mol. The first-order chi connectivity index (χ1) is 23.7. The van der Waals surface area contributed by atoms with E-state index in [0.29, 0.717) is 52.4 Å². The highest BCUT2D eigenvalue weighted by molar-refractivity contribution is 7.92. The maximum absolute atomic E-state index is 15.6. The molecule has 50 heavy (non-hydrogen) atoms. The molecular formula is C35H39FN8O5S. The summed E-state index contributed by atoms with van der Waals surface area (Å²) in [6, 6.07) is 12.9. The smallest absolute Gasteiger partial charge is 0.410 e. The number of benzene rings is 2. The summed E-state index contributed by atoms with van der Waals surface area (Å²) in [7, 11) is -2.36. The normalized spacial score (nSPS) is 15.2. The van der Waals surface area contributed by atoms with Gasteiger partial charge in [-0.3, -0.25) is 4.68 Å². The van der Waals surface area contributed by atoms with E-state index >= 15 is 4.39 Å². The van der Waals surface area contributed by atoms with Crippen LogP contribution in [0.1, 0.15) is 39.2 Å². The number of carbonyl (C=O) groups excluding carboxylic acids is 1. The minimum Gasteiger partial charge on any atom is -0.444 e. The van der Waals surface area contributed by atoms with Gasteiger partial charge < -0.3 is 19.7 Å². The molecule has 2 aromatic carbocycles. The number of ether oxygens (including phenoxy) is 2. The van der Waals surface area contributed by atoms with Crippen molar-refractivity contribution in [2.75, 3.05) is 29.0 Å². The lowest BCUT2D eigenvalue weighted by Gasteiger charge is -2.34. The van der Waals surface area contributed by atoms with E-state index in [1.807, 2.05) is 33.8 Å². The van der Waals surface area contributed by atoms with Crippen LogP contribution in [-0.2, 0) is 21.8 Å². The van der Waals surface area contributed by atoms with Gasteiger partial charge in [-0.1, -0.05) is 12.1 Å². The number of hydrogen-bond donors (Lipinski definition) is 1. The molecule has 5 aromatic rings. The predicted molar refractivity (Wildman–Crippen MR) is 189 cm³/mol. The van der Waals surface area contributed by atoms with E-state index in [1.54, 1.807) is 60.9 Å². The van der Waals surface area contributed by atoms with Gasteiger partial charge in [0.15, 0.2) is 5.82 Å². The molecule has 1 N–H and O–H groups in total. The molecule has 0 spiro atoms. The molecule has 0 saturated carbocycles. The lowest BCUT2D eigenvalue weighted by atomic mass is 10.0. The van der Waals surface area contributed by atoms with Gasteiger partial charge in [-0.2, -0.15) is 5.10 Å². The Kier molecular flexibility index (Phi) is 9.35. The number of anilines is 3. The number of aromatic nitrogens is 5. The van der Waals surface area contributed by atoms with Crippen LogP contribution < -0.4 is 14.4 Å². The van der Waals surface area contributed by atoms with E-state index < -0.39 is 21.4 Å². The number of nitrogens with one attached hydrogen (secondary N) is 1. The fraction of sp³-hybridized carbons (Fsp3) is 0.343. The lowest BCUT2D eigenvalue weighted by molar-refractivity contribution is 0.0206. The third kappa shape index (κ3) is 7.47. The second-order valence-corrected chi connectivity index (χ2v) is 15.0. The molecule has 0 aliphatic carbocycles. The van der Waals surface area contributed by atoms with Gasteiger partial charge in [0, 0.05) is 61.6 Å². The molecule has 13 nitrogen and oxygen atoms in total. The summed E-state index contributed by atoms with van der Waals surface area (Å²) in [6.45, 7) is 8.43. The third-order valence-electron chi connectivity index (χ3n) is 8.02. The maximum atomic E-state index is 15.6. The summed E-state index contributed by atoms with van der Waals surface area (Å²) in [5.74, 6) is 0.294. The van der Waals surface area contributed by atoms with Crippen molar-refractivity contribution >= 4 is 44.3 Å². The molecule has 15 heteroatoms. The first-order valence-corrected chi connectivity index (χ1v) is 18.0. The average molecular weight is 703 g/mol. The van der Waals surface area contributed by atoms with E-state index in [0.717, 1.165) is 23.4 Å². The quantitative estimate of drug-likeness (QED) is 0.188. The zero-order valence-electron chi connectivity index (χ0n) is 28.7. The number of nitrogens with zero attached hydrogens (tertiary/aromatic N) is 7. The molecule has 1 fully saturated rings. The molecule has 4 heterocycles. The number of halogens is 1. The highest BCUT2D eigenvalue weighted by Gasteiger charge is 2.30. The molecule has 1 atom stereocenters. The SMILES string of the molecule is Cc1ccc2c(N(c3ccn(C)n3)S(C)(=O)=O)c(F)ccc2c1Oc1ncccc1-c1ccnc(N[C@H]2CCCN(C(=O)OC(C)(C)C)C2)n1. The average Bonchev–Trinajstić information content (AvgIpc) is 3.47. The van der Waals surface area contributed by atoms with Gasteiger partial charge in [0.1, 0.15) is 22.9 Å². The summed E-state index contributed by atoms with van der Waals surface area (Å²) in [5.41, 5.74) is 1.06. The van der Waals surface area contributed by atoms with Crippen molar-refractivity contribution in [2.24, 2.45) is 7.05 Å². The Balaban J connectivity index is 1.32. The summed E-state index contributed by atoms with van der Waals surface area (Å²) in [6.07, 6.45) is 7.08. The fourth-order valence-electron chi connectivity index (χ4n) is 5.86. The largest absolute Gasteiger partial charge is 0.444 e. The molecule has 1 saturated heterocycles. The molecule has 0 bridgehead atoms. The maximum Gasteiger partial charge on any atom is 0.410 e. The second kappa shape index (κ2) is 13.5. The number of amides is 1. The number of fused-ring (bicyclic) bond motifs is 1. The van der Waals surface area contributed by atoms with Crippen molar-refractivity contribution in [3.05, 3.63) is 78.5 Å². The van der Waals surface area contributed by atoms with Crippen molar-refractivity contribution in [3.8, 4) is 22.9 Å². The third-order valence-corrected chi connectivity index (χ3v) is 9.05. The van der Waals surface area contributed by atoms with Crippen LogP contribution in [0.25, 0.3) is 22.0 Å². The number of piperidine rings is 1. The number of sulfonamides is 1. The minimum absolute atomic E-state index is 0.0513. The Morgan fingerprint density at radius 3 is 2.56 bits per heavy atom. The Morgan fingerprint density at radius 1 is 1.06 bits per heavy atom. The van der Waals surface area contributed by atoms with E-state index in [9.17, 15) is 13.2 Å². The summed E-state index contributed by atoms with van der Waals surface area (Å²) in [4.78, 5) is 28.1. The van der Waals surface area contributed by atoms with Crippen LogP contribution >= 0.6 is 0 Å². The highest BCUT2D eigenvalue weighted by atomic mass is 32.2. The Labute approximate surface area is 290 Å². The second-order valence-electron chi connectivity index (χ2n) is 13.2. The van der Waals surface area contributed by atoms with Crippen molar-refractivity contribution in [2.45, 2.75) is 52.2 Å². The van der Waals surface area contributed by atoms with Crippen LogP contribution in [0.5, 0.6) is 11.6 Å². The van der Waals surface area contributed by atoms with Gasteiger partial charge in [-0.05, 0) is 76.4 Å². The minimum atomic E-state index is -4.01. The fourth-order valence-corrected chi connectivity index (χ4v) is 6.81. The molecular weight excluding hydrogens is 664 g/mol. The zero-order chi connectivity index (χ0) is 35.8. The number of rotatable bonds is 8. The first-order valence-electron chi connectivity index (χ1n) is 16.1. The van der Waals surface area contributed by atoms with Crippen LogP contribution in [0.15, 0.2) is 67.1 Å². The van der Waals surface area contributed by atoms with Crippen LogP contribution in [0, 0.1) is 12.7 Å². The predicted octanol–water partition coefficient (Wildman–Crippen LogP) is 6.57. The molecule has 3 aromatic heterocycles. The van der Waals surface area contributed by atoms with Crippen molar-refractivity contribution in [1.29, 1.82) is 0 Å². The zero-order valence-corrected chi connectivity index (χ0v) is 29.5. The number of carbonyl (C=O) groups is 1. The topological polar surface area (TPSA) is 145 Å². The van der Waals surface area contributed by atoms with Gasteiger partial charge in [-0.15, -0.1) is 0 Å². The van der Waals surface area contributed by atoms with Gasteiger partial charge >= 0.3 is 6.09 Å². The first kappa shape index (κ1) is 34.5. The van der Waals surface area contributed by atoms with Crippen molar-refractivity contribution in [1.82, 2.24) is 29.6 Å². The van der Waals surface area contributed by atoms with E-state index in [4.69, 9.17) is 14.5 Å². The molecule has 0 radical (unpaired) electrons. The Hall–Kier alpha value is -5.31. The van der Waals surface area contributed by atoms with Gasteiger partial charge in [0.25, 0.3) is 0 Å². The van der Waals surface area contributed by atoms with Crippen LogP contribution in [-0.4, -0.2) is 75.1 Å². The highest BCUT2D eigenvalue weighted by Crippen LogP contribution is 2.42. The van der Waals surface area contributed by atoms with E-state index in [1.165, 1.54) is 16.8 Å². The van der Waals surface area contributed by atoms with Crippen molar-refractivity contribution < 1.29 is 27.1 Å². The number of hydrogen-bond acceptors (Lipinski definition) is 10. The molecule has 1 aliphatic rings. The molecule has 1 amide bonds. The van der Waals surface area contributed by atoms with Gasteiger partial charge in [-0.25, -0.2) is 36.9 Å². The molecule has 6 rings (SSSR count). The lowest BCUT2D eigenvalue weighted by Crippen LogP contribution is -2.47. The van der Waals surface area contributed by atoms with Gasteiger partial charge in [0.2, 0.25) is 21.9 Å². The summed E-state index contributed by atoms with van der Waals surface area (Å²) >= 11 is 0. The Bertz CT molecular complexity index is 2170. The summed E-state index contributed by atoms with van der Waals surface area (Å²) < 4.78 is 56.1. The molecule has 262 valence electrons. The van der Waals surface area contributed by atoms with Crippen LogP contribution in [0.2, 0.25) is 0 Å². The van der Waals surface area contributed by atoms with Crippen LogP contribution in [0.3, 0.4) is 0 Å². The number of aryl methyl sites for hydroxylation is 2. The molecule has 1 aliphatic heterocycles. The van der Waals surface area contributed by atoms with Gasteiger partial charge in [0.05, 0.1) is 17.5 Å². The number of likely N-dealkylation sites (tertiary alicyclic amines) is 1. The van der Waals surface area contributed by atoms with E-state index in [2.05, 4.69) is 20.4 Å². The Morgan fingerprint density at radius 2 is 1.84 bits per heavy atom. The summed E-state index contributed by atoms with van der Waals surface area (Å²) in [5, 5.41) is 8.38. The number of pyridine rings is 1. The standard InChI is InChI=1S/C35H39FN8O5S/c1-22-11-12-24-25(13-14-27(36)30(24)44(50(6,46)47)29-16-20-42(5)41-29)31(22)48-32-26(10-7-17-37-32)28-15-18-38-33(40-28)39-23-9-8-19-43(21-23)34(45)49-35(2,3)4/h7,10-18,20,23H,8-9,19,21H2,1-6H3,(H,38,39,40)/t23-/m0/s1. The van der Waals surface area contributed by atoms with Crippen molar-refractivity contribution in [3.63, 3.8) is 0 Å². The van der Waals surface area contributed by atoms with E-state index in [-0.39, 0.29) is 29.5 Å².